The van der Waals surface area contributed by atoms with Crippen molar-refractivity contribution >= 4 is 11.6 Å². The molecule has 18 heavy (non-hydrogen) atoms. The molecular weight excluding hydrogens is 248 g/mol. The van der Waals surface area contributed by atoms with Crippen LogP contribution in [0.15, 0.2) is 36.5 Å². The molecule has 0 aliphatic rings. The standard InChI is InChI=1S/C14H17ClN2O/c1-14(18,11-3-5-12(15)6-4-11)9-7-13-8-10-16-17(13)2/h3-6,8,10,18H,7,9H2,1-2H3. The first-order valence-corrected chi connectivity index (χ1v) is 6.32. The Kier molecular flexibility index (Phi) is 3.73. The Balaban J connectivity index is 2.07. The number of hydrogen-bond acceptors (Lipinski definition) is 2. The molecule has 0 aliphatic carbocycles. The smallest absolute Gasteiger partial charge is 0.0872 e. The van der Waals surface area contributed by atoms with E-state index >= 15 is 0 Å². The molecule has 1 aromatic carbocycles. The summed E-state index contributed by atoms with van der Waals surface area (Å²) in [6.07, 6.45) is 3.20. The van der Waals surface area contributed by atoms with Crippen molar-refractivity contribution in [1.29, 1.82) is 0 Å². The third kappa shape index (κ3) is 2.92. The highest BCUT2D eigenvalue weighted by atomic mass is 35.5. The Hall–Kier alpha value is -1.32. The van der Waals surface area contributed by atoms with E-state index in [0.29, 0.717) is 11.4 Å². The van der Waals surface area contributed by atoms with Crippen LogP contribution in [0.2, 0.25) is 5.02 Å². The molecule has 0 saturated heterocycles. The fourth-order valence-corrected chi connectivity index (χ4v) is 2.10. The molecule has 3 nitrogen and oxygen atoms in total. The van der Waals surface area contributed by atoms with Gasteiger partial charge in [-0.05, 0) is 43.5 Å². The quantitative estimate of drug-likeness (QED) is 0.922. The summed E-state index contributed by atoms with van der Waals surface area (Å²) in [4.78, 5) is 0. The first-order chi connectivity index (χ1) is 8.49. The van der Waals surface area contributed by atoms with Crippen LogP contribution in [0.5, 0.6) is 0 Å². The van der Waals surface area contributed by atoms with E-state index in [4.69, 9.17) is 11.6 Å². The van der Waals surface area contributed by atoms with Crippen molar-refractivity contribution in [2.45, 2.75) is 25.4 Å². The molecule has 2 aromatic rings. The van der Waals surface area contributed by atoms with Crippen LogP contribution in [0.3, 0.4) is 0 Å². The third-order valence-electron chi connectivity index (χ3n) is 3.26. The van der Waals surface area contributed by atoms with Gasteiger partial charge in [-0.2, -0.15) is 5.10 Å². The molecule has 0 fully saturated rings. The number of hydrogen-bond donors (Lipinski definition) is 1. The zero-order valence-electron chi connectivity index (χ0n) is 10.6. The molecule has 2 rings (SSSR count). The predicted molar refractivity (Wildman–Crippen MR) is 72.6 cm³/mol. The summed E-state index contributed by atoms with van der Waals surface area (Å²) < 4.78 is 1.83. The van der Waals surface area contributed by atoms with Gasteiger partial charge in [-0.15, -0.1) is 0 Å². The van der Waals surface area contributed by atoms with E-state index in [1.54, 1.807) is 18.3 Å². The maximum absolute atomic E-state index is 10.5. The number of nitrogens with zero attached hydrogens (tertiary/aromatic N) is 2. The predicted octanol–water partition coefficient (Wildman–Crippen LogP) is 2.91. The van der Waals surface area contributed by atoms with Crippen LogP contribution >= 0.6 is 11.6 Å². The third-order valence-corrected chi connectivity index (χ3v) is 3.51. The minimum atomic E-state index is -0.852. The molecule has 0 spiro atoms. The van der Waals surface area contributed by atoms with Crippen molar-refractivity contribution in [3.63, 3.8) is 0 Å². The van der Waals surface area contributed by atoms with E-state index in [1.807, 2.05) is 36.9 Å². The lowest BCUT2D eigenvalue weighted by Gasteiger charge is -2.24. The van der Waals surface area contributed by atoms with Crippen molar-refractivity contribution in [2.24, 2.45) is 7.05 Å². The summed E-state index contributed by atoms with van der Waals surface area (Å²) in [6.45, 7) is 1.83. The highest BCUT2D eigenvalue weighted by Crippen LogP contribution is 2.27. The topological polar surface area (TPSA) is 38.0 Å². The lowest BCUT2D eigenvalue weighted by molar-refractivity contribution is 0.0476. The van der Waals surface area contributed by atoms with Crippen LogP contribution in [0.4, 0.5) is 0 Å². The summed E-state index contributed by atoms with van der Waals surface area (Å²) in [6, 6.07) is 9.31. The molecular formula is C14H17ClN2O. The Morgan fingerprint density at radius 2 is 1.94 bits per heavy atom. The fourth-order valence-electron chi connectivity index (χ4n) is 1.97. The normalized spacial score (nSPS) is 14.4. The van der Waals surface area contributed by atoms with E-state index < -0.39 is 5.60 Å². The maximum atomic E-state index is 10.5. The first kappa shape index (κ1) is 13.1. The van der Waals surface area contributed by atoms with Crippen LogP contribution in [0, 0.1) is 0 Å². The van der Waals surface area contributed by atoms with Crippen LogP contribution in [0.1, 0.15) is 24.6 Å². The molecule has 4 heteroatoms. The second kappa shape index (κ2) is 5.12. The monoisotopic (exact) mass is 264 g/mol. The number of aliphatic hydroxyl groups is 1. The van der Waals surface area contributed by atoms with Gasteiger partial charge >= 0.3 is 0 Å². The van der Waals surface area contributed by atoms with E-state index in [0.717, 1.165) is 17.7 Å². The second-order valence-corrected chi connectivity index (χ2v) is 5.16. The van der Waals surface area contributed by atoms with Crippen LogP contribution in [-0.2, 0) is 19.1 Å². The molecule has 1 atom stereocenters. The molecule has 0 bridgehead atoms. The molecule has 1 unspecified atom stereocenters. The van der Waals surface area contributed by atoms with Gasteiger partial charge in [-0.3, -0.25) is 4.68 Å². The van der Waals surface area contributed by atoms with Crippen molar-refractivity contribution in [3.8, 4) is 0 Å². The largest absolute Gasteiger partial charge is 0.385 e. The lowest BCUT2D eigenvalue weighted by Crippen LogP contribution is -2.22. The van der Waals surface area contributed by atoms with E-state index in [2.05, 4.69) is 5.10 Å². The van der Waals surface area contributed by atoms with Gasteiger partial charge < -0.3 is 5.11 Å². The van der Waals surface area contributed by atoms with Crippen LogP contribution < -0.4 is 0 Å². The molecule has 0 amide bonds. The van der Waals surface area contributed by atoms with Gasteiger partial charge in [0.25, 0.3) is 0 Å². The molecule has 1 aromatic heterocycles. The second-order valence-electron chi connectivity index (χ2n) is 4.73. The number of aromatic nitrogens is 2. The minimum absolute atomic E-state index is 0.647. The molecule has 0 radical (unpaired) electrons. The number of aryl methyl sites for hydroxylation is 2. The Labute approximate surface area is 112 Å². The molecule has 1 N–H and O–H groups in total. The van der Waals surface area contributed by atoms with Crippen molar-refractivity contribution in [3.05, 3.63) is 52.8 Å². The van der Waals surface area contributed by atoms with Crippen molar-refractivity contribution in [1.82, 2.24) is 9.78 Å². The lowest BCUT2D eigenvalue weighted by atomic mass is 9.90. The summed E-state index contributed by atoms with van der Waals surface area (Å²) >= 11 is 5.85. The zero-order valence-corrected chi connectivity index (χ0v) is 11.4. The SMILES string of the molecule is Cn1nccc1CCC(C)(O)c1ccc(Cl)cc1. The van der Waals surface area contributed by atoms with Gasteiger partial charge in [0.1, 0.15) is 0 Å². The Bertz CT molecular complexity index is 517. The maximum Gasteiger partial charge on any atom is 0.0872 e. The Morgan fingerprint density at radius 1 is 1.28 bits per heavy atom. The van der Waals surface area contributed by atoms with Crippen molar-refractivity contribution in [2.75, 3.05) is 0 Å². The Morgan fingerprint density at radius 3 is 2.50 bits per heavy atom. The summed E-state index contributed by atoms with van der Waals surface area (Å²) in [5.41, 5.74) is 1.15. The summed E-state index contributed by atoms with van der Waals surface area (Å²) in [7, 11) is 1.91. The number of benzene rings is 1. The van der Waals surface area contributed by atoms with E-state index in [1.165, 1.54) is 0 Å². The molecule has 0 aliphatic heterocycles. The number of halogens is 1. The van der Waals surface area contributed by atoms with Crippen LogP contribution in [0.25, 0.3) is 0 Å². The van der Waals surface area contributed by atoms with Crippen molar-refractivity contribution < 1.29 is 5.11 Å². The highest BCUT2D eigenvalue weighted by molar-refractivity contribution is 6.30. The number of rotatable bonds is 4. The van der Waals surface area contributed by atoms with E-state index in [-0.39, 0.29) is 0 Å². The first-order valence-electron chi connectivity index (χ1n) is 5.94. The van der Waals surface area contributed by atoms with Gasteiger partial charge in [0.2, 0.25) is 0 Å². The average molecular weight is 265 g/mol. The molecule has 0 saturated carbocycles. The summed E-state index contributed by atoms with van der Waals surface area (Å²) in [5, 5.41) is 15.3. The van der Waals surface area contributed by atoms with Gasteiger partial charge in [0.15, 0.2) is 0 Å². The molecule has 1 heterocycles. The van der Waals surface area contributed by atoms with E-state index in [9.17, 15) is 5.11 Å². The average Bonchev–Trinajstić information content (AvgIpc) is 2.73. The fraction of sp³-hybridized carbons (Fsp3) is 0.357. The van der Waals surface area contributed by atoms with Gasteiger partial charge in [-0.1, -0.05) is 23.7 Å². The summed E-state index contributed by atoms with van der Waals surface area (Å²) in [5.74, 6) is 0. The van der Waals surface area contributed by atoms with Gasteiger partial charge in [-0.25, -0.2) is 0 Å². The van der Waals surface area contributed by atoms with Gasteiger partial charge in [0.05, 0.1) is 5.60 Å². The zero-order chi connectivity index (χ0) is 13.2. The highest BCUT2D eigenvalue weighted by Gasteiger charge is 2.23. The van der Waals surface area contributed by atoms with Crippen LogP contribution in [-0.4, -0.2) is 14.9 Å². The van der Waals surface area contributed by atoms with Gasteiger partial charge in [0, 0.05) is 24.0 Å². The molecule has 96 valence electrons. The minimum Gasteiger partial charge on any atom is -0.385 e.